The van der Waals surface area contributed by atoms with E-state index < -0.39 is 12.1 Å². The van der Waals surface area contributed by atoms with Crippen LogP contribution in [0.5, 0.6) is 5.75 Å². The van der Waals surface area contributed by atoms with E-state index in [9.17, 15) is 4.79 Å². The lowest BCUT2D eigenvalue weighted by atomic mass is 10.1. The molecule has 0 saturated heterocycles. The fourth-order valence-corrected chi connectivity index (χ4v) is 1.88. The molecule has 0 fully saturated rings. The van der Waals surface area contributed by atoms with E-state index in [-0.39, 0.29) is 6.61 Å². The summed E-state index contributed by atoms with van der Waals surface area (Å²) in [4.78, 5) is 12.6. The standard InChI is InChI=1S/C12H15NO4/c1-13-5-8-2-3-10(4-9(8)6-13)17-7-11(14)12(15)16/h2-4,11,14H,5-7H2,1H3,(H,15,16)/t11-/m1/s1. The molecule has 1 atom stereocenters. The van der Waals surface area contributed by atoms with Gasteiger partial charge in [-0.2, -0.15) is 0 Å². The lowest BCUT2D eigenvalue weighted by Crippen LogP contribution is -2.26. The predicted octanol–water partition coefficient (Wildman–Crippen LogP) is 0.456. The number of nitrogens with zero attached hydrogens (tertiary/aromatic N) is 1. The smallest absolute Gasteiger partial charge is 0.336 e. The molecule has 0 amide bonds. The minimum atomic E-state index is -1.48. The van der Waals surface area contributed by atoms with Crippen molar-refractivity contribution in [2.45, 2.75) is 19.2 Å². The summed E-state index contributed by atoms with van der Waals surface area (Å²) in [5.41, 5.74) is 2.45. The SMILES string of the molecule is CN1Cc2ccc(OC[C@@H](O)C(=O)O)cc2C1. The summed E-state index contributed by atoms with van der Waals surface area (Å²) >= 11 is 0. The van der Waals surface area contributed by atoms with Gasteiger partial charge in [-0.1, -0.05) is 6.07 Å². The zero-order valence-electron chi connectivity index (χ0n) is 9.59. The molecule has 0 aromatic heterocycles. The monoisotopic (exact) mass is 237 g/mol. The maximum atomic E-state index is 10.4. The number of aliphatic hydroxyl groups excluding tert-OH is 1. The van der Waals surface area contributed by atoms with Gasteiger partial charge in [0.25, 0.3) is 0 Å². The number of fused-ring (bicyclic) bond motifs is 1. The third kappa shape index (κ3) is 2.75. The second kappa shape index (κ2) is 4.73. The molecule has 0 saturated carbocycles. The van der Waals surface area contributed by atoms with E-state index in [2.05, 4.69) is 4.90 Å². The average molecular weight is 237 g/mol. The highest BCUT2D eigenvalue weighted by Gasteiger charge is 2.17. The molecule has 17 heavy (non-hydrogen) atoms. The minimum Gasteiger partial charge on any atom is -0.490 e. The fourth-order valence-electron chi connectivity index (χ4n) is 1.88. The van der Waals surface area contributed by atoms with Crippen LogP contribution in [0.3, 0.4) is 0 Å². The second-order valence-corrected chi connectivity index (χ2v) is 4.27. The zero-order valence-corrected chi connectivity index (χ0v) is 9.59. The summed E-state index contributed by atoms with van der Waals surface area (Å²) in [6.07, 6.45) is -1.48. The van der Waals surface area contributed by atoms with Crippen molar-refractivity contribution in [1.82, 2.24) is 4.90 Å². The molecule has 5 nitrogen and oxygen atoms in total. The van der Waals surface area contributed by atoms with Crippen molar-refractivity contribution in [3.05, 3.63) is 29.3 Å². The summed E-state index contributed by atoms with van der Waals surface area (Å²) in [6.45, 7) is 1.56. The van der Waals surface area contributed by atoms with Gasteiger partial charge in [-0.15, -0.1) is 0 Å². The Morgan fingerprint density at radius 2 is 2.18 bits per heavy atom. The maximum absolute atomic E-state index is 10.4. The first-order valence-corrected chi connectivity index (χ1v) is 5.40. The molecule has 0 aliphatic carbocycles. The normalized spacial score (nSPS) is 16.6. The number of hydrogen-bond donors (Lipinski definition) is 2. The van der Waals surface area contributed by atoms with Crippen molar-refractivity contribution in [3.8, 4) is 5.75 Å². The van der Waals surface area contributed by atoms with Crippen LogP contribution in [0, 0.1) is 0 Å². The van der Waals surface area contributed by atoms with Crippen LogP contribution in [-0.2, 0) is 17.9 Å². The van der Waals surface area contributed by atoms with Crippen molar-refractivity contribution in [1.29, 1.82) is 0 Å². The summed E-state index contributed by atoms with van der Waals surface area (Å²) in [5.74, 6) is -0.676. The Morgan fingerprint density at radius 3 is 2.88 bits per heavy atom. The zero-order chi connectivity index (χ0) is 12.4. The van der Waals surface area contributed by atoms with Crippen LogP contribution in [0.1, 0.15) is 11.1 Å². The summed E-state index contributed by atoms with van der Waals surface area (Å²) in [5, 5.41) is 17.6. The van der Waals surface area contributed by atoms with Gasteiger partial charge in [0.15, 0.2) is 6.10 Å². The second-order valence-electron chi connectivity index (χ2n) is 4.27. The highest BCUT2D eigenvalue weighted by Crippen LogP contribution is 2.25. The van der Waals surface area contributed by atoms with Crippen molar-refractivity contribution >= 4 is 5.97 Å². The Kier molecular flexibility index (Phi) is 3.31. The number of carboxylic acid groups (broad SMARTS) is 1. The van der Waals surface area contributed by atoms with Gasteiger partial charge >= 0.3 is 5.97 Å². The topological polar surface area (TPSA) is 70.0 Å². The maximum Gasteiger partial charge on any atom is 0.336 e. The number of carbonyl (C=O) groups is 1. The fraction of sp³-hybridized carbons (Fsp3) is 0.417. The molecule has 1 aromatic carbocycles. The molecule has 0 radical (unpaired) electrons. The Hall–Kier alpha value is -1.59. The molecule has 2 N–H and O–H groups in total. The quantitative estimate of drug-likeness (QED) is 0.796. The van der Waals surface area contributed by atoms with Crippen LogP contribution >= 0.6 is 0 Å². The molecule has 92 valence electrons. The largest absolute Gasteiger partial charge is 0.490 e. The summed E-state index contributed by atoms with van der Waals surface area (Å²) in [7, 11) is 2.04. The van der Waals surface area contributed by atoms with E-state index in [0.29, 0.717) is 5.75 Å². The van der Waals surface area contributed by atoms with Crippen LogP contribution in [0.4, 0.5) is 0 Å². The lowest BCUT2D eigenvalue weighted by Gasteiger charge is -2.09. The predicted molar refractivity (Wildman–Crippen MR) is 60.8 cm³/mol. The lowest BCUT2D eigenvalue weighted by molar-refractivity contribution is -0.148. The van der Waals surface area contributed by atoms with Crippen LogP contribution in [0.2, 0.25) is 0 Å². The highest BCUT2D eigenvalue weighted by molar-refractivity contribution is 5.72. The van der Waals surface area contributed by atoms with Gasteiger partial charge in [0.05, 0.1) is 0 Å². The van der Waals surface area contributed by atoms with Gasteiger partial charge in [0, 0.05) is 13.1 Å². The number of rotatable bonds is 4. The molecule has 0 unspecified atom stereocenters. The molecule has 0 bridgehead atoms. The molecule has 1 aliphatic heterocycles. The van der Waals surface area contributed by atoms with E-state index in [1.54, 1.807) is 6.07 Å². The van der Waals surface area contributed by atoms with Crippen molar-refractivity contribution < 1.29 is 19.7 Å². The molecule has 1 aliphatic rings. The molecule has 2 rings (SSSR count). The van der Waals surface area contributed by atoms with Gasteiger partial charge in [-0.25, -0.2) is 4.79 Å². The number of hydrogen-bond acceptors (Lipinski definition) is 4. The third-order valence-corrected chi connectivity index (χ3v) is 2.75. The van der Waals surface area contributed by atoms with E-state index in [1.165, 1.54) is 11.1 Å². The first-order valence-electron chi connectivity index (χ1n) is 5.40. The van der Waals surface area contributed by atoms with E-state index >= 15 is 0 Å². The third-order valence-electron chi connectivity index (χ3n) is 2.75. The summed E-state index contributed by atoms with van der Waals surface area (Å²) < 4.78 is 5.24. The van der Waals surface area contributed by atoms with Crippen molar-refractivity contribution in [2.24, 2.45) is 0 Å². The Labute approximate surface area is 99.2 Å². The molecule has 1 aromatic rings. The molecule has 1 heterocycles. The van der Waals surface area contributed by atoms with Gasteiger partial charge in [-0.05, 0) is 30.3 Å². The van der Waals surface area contributed by atoms with E-state index in [0.717, 1.165) is 13.1 Å². The number of carboxylic acids is 1. The Morgan fingerprint density at radius 1 is 1.47 bits per heavy atom. The van der Waals surface area contributed by atoms with Crippen molar-refractivity contribution in [3.63, 3.8) is 0 Å². The van der Waals surface area contributed by atoms with E-state index in [4.69, 9.17) is 14.9 Å². The van der Waals surface area contributed by atoms with Gasteiger partial charge < -0.3 is 14.9 Å². The molecular formula is C12H15NO4. The summed E-state index contributed by atoms with van der Waals surface area (Å²) in [6, 6.07) is 5.67. The molecular weight excluding hydrogens is 222 g/mol. The van der Waals surface area contributed by atoms with Gasteiger partial charge in [0.2, 0.25) is 0 Å². The number of aliphatic carboxylic acids is 1. The van der Waals surface area contributed by atoms with E-state index in [1.807, 2.05) is 19.2 Å². The first kappa shape index (κ1) is 11.9. The Balaban J connectivity index is 1.99. The van der Waals surface area contributed by atoms with Gasteiger partial charge in [-0.3, -0.25) is 4.90 Å². The van der Waals surface area contributed by atoms with Crippen LogP contribution in [0.15, 0.2) is 18.2 Å². The molecule has 5 heteroatoms. The Bertz CT molecular complexity index is 433. The van der Waals surface area contributed by atoms with Crippen molar-refractivity contribution in [2.75, 3.05) is 13.7 Å². The minimum absolute atomic E-state index is 0.232. The number of ether oxygens (including phenoxy) is 1. The molecule has 0 spiro atoms. The number of benzene rings is 1. The average Bonchev–Trinajstić information content (AvgIpc) is 2.64. The van der Waals surface area contributed by atoms with Crippen LogP contribution in [0.25, 0.3) is 0 Å². The first-order chi connectivity index (χ1) is 8.06. The number of aliphatic hydroxyl groups is 1. The highest BCUT2D eigenvalue weighted by atomic mass is 16.5. The van der Waals surface area contributed by atoms with Crippen LogP contribution < -0.4 is 4.74 Å². The van der Waals surface area contributed by atoms with Crippen LogP contribution in [-0.4, -0.2) is 40.8 Å². The van der Waals surface area contributed by atoms with Gasteiger partial charge in [0.1, 0.15) is 12.4 Å².